The van der Waals surface area contributed by atoms with Crippen LogP contribution in [0.25, 0.3) is 10.8 Å². The summed E-state index contributed by atoms with van der Waals surface area (Å²) in [5.74, 6) is 0.553. The molecule has 5 heteroatoms. The Hall–Kier alpha value is -3.05. The second kappa shape index (κ2) is 12.3. The summed E-state index contributed by atoms with van der Waals surface area (Å²) in [4.78, 5) is 0. The molecule has 0 saturated heterocycles. The minimum absolute atomic E-state index is 0. The number of phenols is 2. The van der Waals surface area contributed by atoms with E-state index in [0.717, 1.165) is 47.8 Å². The Kier molecular flexibility index (Phi) is 9.14. The Balaban J connectivity index is 0.00000306. The fourth-order valence-corrected chi connectivity index (χ4v) is 4.06. The SMILES string of the molecule is Cl.Oc1ccc2c(CNCCc3ccccc3)c(O)ccc2c1CNCCc1ccccc1. The zero-order chi connectivity index (χ0) is 22.2. The highest BCUT2D eigenvalue weighted by Crippen LogP contribution is 2.33. The molecule has 4 aromatic rings. The predicted molar refractivity (Wildman–Crippen MR) is 138 cm³/mol. The third-order valence-corrected chi connectivity index (χ3v) is 5.84. The van der Waals surface area contributed by atoms with Crippen molar-refractivity contribution < 1.29 is 10.2 Å². The lowest BCUT2D eigenvalue weighted by molar-refractivity contribution is 0.463. The highest BCUT2D eigenvalue weighted by Gasteiger charge is 2.13. The van der Waals surface area contributed by atoms with E-state index >= 15 is 0 Å². The number of rotatable bonds is 10. The molecule has 0 aliphatic carbocycles. The molecule has 0 aliphatic heterocycles. The summed E-state index contributed by atoms with van der Waals surface area (Å²) < 4.78 is 0. The first-order valence-corrected chi connectivity index (χ1v) is 11.2. The van der Waals surface area contributed by atoms with Gasteiger partial charge in [0.1, 0.15) is 11.5 Å². The van der Waals surface area contributed by atoms with E-state index in [1.165, 1.54) is 11.1 Å². The molecule has 0 spiro atoms. The van der Waals surface area contributed by atoms with Crippen molar-refractivity contribution in [2.24, 2.45) is 0 Å². The summed E-state index contributed by atoms with van der Waals surface area (Å²) in [5.41, 5.74) is 4.30. The van der Waals surface area contributed by atoms with E-state index < -0.39 is 0 Å². The monoisotopic (exact) mass is 462 g/mol. The molecule has 4 N–H and O–H groups in total. The van der Waals surface area contributed by atoms with Crippen molar-refractivity contribution in [3.8, 4) is 11.5 Å². The molecule has 33 heavy (non-hydrogen) atoms. The average Bonchev–Trinajstić information content (AvgIpc) is 2.83. The van der Waals surface area contributed by atoms with E-state index in [9.17, 15) is 10.2 Å². The lowest BCUT2D eigenvalue weighted by atomic mass is 9.98. The summed E-state index contributed by atoms with van der Waals surface area (Å²) >= 11 is 0. The van der Waals surface area contributed by atoms with Crippen molar-refractivity contribution in [1.82, 2.24) is 10.6 Å². The van der Waals surface area contributed by atoms with Crippen molar-refractivity contribution in [3.05, 3.63) is 107 Å². The van der Waals surface area contributed by atoms with Crippen LogP contribution in [0.5, 0.6) is 11.5 Å². The van der Waals surface area contributed by atoms with Crippen LogP contribution in [0, 0.1) is 0 Å². The van der Waals surface area contributed by atoms with Gasteiger partial charge in [-0.25, -0.2) is 0 Å². The highest BCUT2D eigenvalue weighted by molar-refractivity contribution is 5.92. The minimum Gasteiger partial charge on any atom is -0.508 e. The van der Waals surface area contributed by atoms with Gasteiger partial charge in [0, 0.05) is 24.2 Å². The smallest absolute Gasteiger partial charge is 0.120 e. The lowest BCUT2D eigenvalue weighted by Crippen LogP contribution is -2.18. The van der Waals surface area contributed by atoms with E-state index in [1.807, 2.05) is 48.5 Å². The number of halogens is 1. The molecular formula is C28H31ClN2O2. The van der Waals surface area contributed by atoms with Gasteiger partial charge in [0.2, 0.25) is 0 Å². The molecule has 0 unspecified atom stereocenters. The van der Waals surface area contributed by atoms with Crippen LogP contribution in [-0.2, 0) is 25.9 Å². The molecule has 0 radical (unpaired) electrons. The second-order valence-corrected chi connectivity index (χ2v) is 8.05. The van der Waals surface area contributed by atoms with Crippen molar-refractivity contribution in [2.75, 3.05) is 13.1 Å². The normalized spacial score (nSPS) is 10.8. The number of hydrogen-bond donors (Lipinski definition) is 4. The Morgan fingerprint density at radius 1 is 0.515 bits per heavy atom. The number of aromatic hydroxyl groups is 2. The van der Waals surface area contributed by atoms with Crippen LogP contribution in [0.15, 0.2) is 84.9 Å². The van der Waals surface area contributed by atoms with Crippen LogP contribution < -0.4 is 10.6 Å². The molecule has 0 atom stereocenters. The van der Waals surface area contributed by atoms with E-state index in [-0.39, 0.29) is 23.9 Å². The third-order valence-electron chi connectivity index (χ3n) is 5.84. The van der Waals surface area contributed by atoms with Gasteiger partial charge in [-0.15, -0.1) is 12.4 Å². The second-order valence-electron chi connectivity index (χ2n) is 8.05. The minimum atomic E-state index is 0. The first-order valence-electron chi connectivity index (χ1n) is 11.2. The Morgan fingerprint density at radius 3 is 1.30 bits per heavy atom. The number of benzene rings is 4. The summed E-state index contributed by atoms with van der Waals surface area (Å²) in [5, 5.41) is 29.8. The van der Waals surface area contributed by atoms with E-state index in [4.69, 9.17) is 0 Å². The summed E-state index contributed by atoms with van der Waals surface area (Å²) in [6.07, 6.45) is 1.87. The standard InChI is InChI=1S/C28H30N2O2.ClH/c31-27-13-12-24-23(25(27)19-29-17-15-21-7-3-1-4-8-21)11-14-28(32)26(24)20-30-18-16-22-9-5-2-6-10-22;/h1-14,29-32H,15-20H2;1H. The Labute approximate surface area is 201 Å². The molecule has 0 fully saturated rings. The average molecular weight is 463 g/mol. The van der Waals surface area contributed by atoms with Gasteiger partial charge >= 0.3 is 0 Å². The Bertz CT molecular complexity index is 1060. The number of phenolic OH excluding ortho intramolecular Hbond substituents is 2. The molecule has 172 valence electrons. The molecular weight excluding hydrogens is 432 g/mol. The molecule has 0 saturated carbocycles. The zero-order valence-corrected chi connectivity index (χ0v) is 19.4. The maximum atomic E-state index is 10.5. The molecule has 4 nitrogen and oxygen atoms in total. The molecule has 0 aromatic heterocycles. The maximum absolute atomic E-state index is 10.5. The van der Waals surface area contributed by atoms with Gasteiger partial charge < -0.3 is 20.8 Å². The van der Waals surface area contributed by atoms with Crippen molar-refractivity contribution in [3.63, 3.8) is 0 Å². The van der Waals surface area contributed by atoms with Gasteiger partial charge in [0.05, 0.1) is 0 Å². The molecule has 0 heterocycles. The summed E-state index contributed by atoms with van der Waals surface area (Å²) in [6.45, 7) is 2.79. The first-order chi connectivity index (χ1) is 15.7. The molecule has 0 aliphatic rings. The maximum Gasteiger partial charge on any atom is 0.120 e. The predicted octanol–water partition coefficient (Wildman–Crippen LogP) is 5.34. The molecule has 4 rings (SSSR count). The van der Waals surface area contributed by atoms with Crippen LogP contribution in [0.4, 0.5) is 0 Å². The fourth-order valence-electron chi connectivity index (χ4n) is 4.06. The molecule has 4 aromatic carbocycles. The summed E-state index contributed by atoms with van der Waals surface area (Å²) in [6, 6.07) is 28.0. The van der Waals surface area contributed by atoms with Gasteiger partial charge in [0.25, 0.3) is 0 Å². The number of nitrogens with one attached hydrogen (secondary N) is 2. The lowest BCUT2D eigenvalue weighted by Gasteiger charge is -2.15. The van der Waals surface area contributed by atoms with Gasteiger partial charge in [0.15, 0.2) is 0 Å². The third kappa shape index (κ3) is 6.48. The van der Waals surface area contributed by atoms with Gasteiger partial charge in [-0.1, -0.05) is 72.8 Å². The van der Waals surface area contributed by atoms with Gasteiger partial charge in [-0.3, -0.25) is 0 Å². The van der Waals surface area contributed by atoms with Crippen LogP contribution in [0.2, 0.25) is 0 Å². The van der Waals surface area contributed by atoms with Crippen molar-refractivity contribution >= 4 is 23.2 Å². The number of hydrogen-bond acceptors (Lipinski definition) is 4. The zero-order valence-electron chi connectivity index (χ0n) is 18.6. The summed E-state index contributed by atoms with van der Waals surface area (Å²) in [7, 11) is 0. The quantitative estimate of drug-likeness (QED) is 0.240. The molecule has 0 bridgehead atoms. The van der Waals surface area contributed by atoms with Crippen LogP contribution in [0.1, 0.15) is 22.3 Å². The van der Waals surface area contributed by atoms with Crippen LogP contribution in [0.3, 0.4) is 0 Å². The first kappa shape index (κ1) is 24.6. The molecule has 0 amide bonds. The number of fused-ring (bicyclic) bond motifs is 1. The Morgan fingerprint density at radius 2 is 0.909 bits per heavy atom. The van der Waals surface area contributed by atoms with Crippen molar-refractivity contribution in [1.29, 1.82) is 0 Å². The highest BCUT2D eigenvalue weighted by atomic mass is 35.5. The largest absolute Gasteiger partial charge is 0.508 e. The van der Waals surface area contributed by atoms with Gasteiger partial charge in [-0.2, -0.15) is 0 Å². The van der Waals surface area contributed by atoms with Crippen LogP contribution in [-0.4, -0.2) is 23.3 Å². The van der Waals surface area contributed by atoms with Crippen LogP contribution >= 0.6 is 12.4 Å². The van der Waals surface area contributed by atoms with E-state index in [1.54, 1.807) is 12.1 Å². The van der Waals surface area contributed by atoms with E-state index in [2.05, 4.69) is 34.9 Å². The van der Waals surface area contributed by atoms with Gasteiger partial charge in [-0.05, 0) is 60.0 Å². The van der Waals surface area contributed by atoms with Crippen molar-refractivity contribution in [2.45, 2.75) is 25.9 Å². The topological polar surface area (TPSA) is 64.5 Å². The fraction of sp³-hybridized carbons (Fsp3) is 0.214. The van der Waals surface area contributed by atoms with E-state index in [0.29, 0.717) is 13.1 Å².